The van der Waals surface area contributed by atoms with E-state index in [1.165, 1.54) is 6.07 Å². The van der Waals surface area contributed by atoms with Gasteiger partial charge in [-0.2, -0.15) is 0 Å². The van der Waals surface area contributed by atoms with Crippen LogP contribution in [0.1, 0.15) is 19.8 Å². The molecule has 7 heteroatoms. The summed E-state index contributed by atoms with van der Waals surface area (Å²) in [6.07, 6.45) is 1.83. The van der Waals surface area contributed by atoms with Crippen molar-refractivity contribution in [2.45, 2.75) is 24.9 Å². The Morgan fingerprint density at radius 2 is 2.41 bits per heavy atom. The molecule has 0 aliphatic rings. The van der Waals surface area contributed by atoms with Gasteiger partial charge in [0.25, 0.3) is 5.56 Å². The van der Waals surface area contributed by atoms with Gasteiger partial charge < -0.3 is 15.5 Å². The summed E-state index contributed by atoms with van der Waals surface area (Å²) in [6.45, 7) is 2.45. The SMILES string of the molecule is CCCCOC(=O)CSc1nc(N)cc(=O)[nH]1. The van der Waals surface area contributed by atoms with Crippen molar-refractivity contribution < 1.29 is 9.53 Å². The van der Waals surface area contributed by atoms with E-state index in [9.17, 15) is 9.59 Å². The summed E-state index contributed by atoms with van der Waals surface area (Å²) in [6, 6.07) is 1.18. The molecule has 0 atom stereocenters. The molecular weight excluding hydrogens is 242 g/mol. The highest BCUT2D eigenvalue weighted by molar-refractivity contribution is 7.99. The topological polar surface area (TPSA) is 98.1 Å². The number of unbranched alkanes of at least 4 members (excludes halogenated alkanes) is 1. The summed E-state index contributed by atoms with van der Waals surface area (Å²) in [7, 11) is 0. The van der Waals surface area contributed by atoms with Gasteiger partial charge in [0.1, 0.15) is 5.82 Å². The van der Waals surface area contributed by atoms with Crippen molar-refractivity contribution in [1.29, 1.82) is 0 Å². The van der Waals surface area contributed by atoms with E-state index in [1.54, 1.807) is 0 Å². The zero-order valence-electron chi connectivity index (χ0n) is 9.56. The van der Waals surface area contributed by atoms with Crippen molar-refractivity contribution >= 4 is 23.5 Å². The molecule has 0 aliphatic carbocycles. The van der Waals surface area contributed by atoms with Crippen molar-refractivity contribution in [2.75, 3.05) is 18.1 Å². The molecule has 0 unspecified atom stereocenters. The fourth-order valence-electron chi connectivity index (χ4n) is 1.02. The van der Waals surface area contributed by atoms with Gasteiger partial charge in [-0.3, -0.25) is 9.59 Å². The first-order valence-corrected chi connectivity index (χ1v) is 6.25. The average Bonchev–Trinajstić information content (AvgIpc) is 2.25. The molecule has 1 rings (SSSR count). The van der Waals surface area contributed by atoms with E-state index in [4.69, 9.17) is 10.5 Å². The number of aromatic nitrogens is 2. The van der Waals surface area contributed by atoms with Crippen molar-refractivity contribution in [2.24, 2.45) is 0 Å². The van der Waals surface area contributed by atoms with Crippen LogP contribution < -0.4 is 11.3 Å². The highest BCUT2D eigenvalue weighted by Gasteiger charge is 2.06. The third-order valence-corrected chi connectivity index (χ3v) is 2.67. The first-order chi connectivity index (χ1) is 8.11. The van der Waals surface area contributed by atoms with Crippen LogP contribution in [-0.2, 0) is 9.53 Å². The molecule has 0 saturated carbocycles. The number of anilines is 1. The summed E-state index contributed by atoms with van der Waals surface area (Å²) < 4.78 is 4.95. The number of nitrogens with one attached hydrogen (secondary N) is 1. The van der Waals surface area contributed by atoms with Gasteiger partial charge in [0.15, 0.2) is 5.16 Å². The fraction of sp³-hybridized carbons (Fsp3) is 0.500. The summed E-state index contributed by atoms with van der Waals surface area (Å²) >= 11 is 1.09. The Hall–Kier alpha value is -1.50. The third kappa shape index (κ3) is 5.39. The van der Waals surface area contributed by atoms with Crippen LogP contribution in [0.2, 0.25) is 0 Å². The lowest BCUT2D eigenvalue weighted by Crippen LogP contribution is -2.12. The molecule has 0 radical (unpaired) electrons. The molecule has 1 aromatic heterocycles. The Bertz CT molecular complexity index is 433. The van der Waals surface area contributed by atoms with Gasteiger partial charge in [-0.25, -0.2) is 4.98 Å². The number of rotatable bonds is 6. The number of hydrogen-bond donors (Lipinski definition) is 2. The van der Waals surface area contributed by atoms with Crippen LogP contribution in [0.15, 0.2) is 16.0 Å². The Labute approximate surface area is 103 Å². The third-order valence-electron chi connectivity index (χ3n) is 1.83. The lowest BCUT2D eigenvalue weighted by Gasteiger charge is -2.03. The van der Waals surface area contributed by atoms with Crippen LogP contribution in [-0.4, -0.2) is 28.3 Å². The molecule has 0 aromatic carbocycles. The molecule has 0 fully saturated rings. The molecule has 0 saturated heterocycles. The zero-order chi connectivity index (χ0) is 12.7. The van der Waals surface area contributed by atoms with Crippen LogP contribution in [0.25, 0.3) is 0 Å². The van der Waals surface area contributed by atoms with Gasteiger partial charge in [-0.1, -0.05) is 25.1 Å². The molecule has 17 heavy (non-hydrogen) atoms. The van der Waals surface area contributed by atoms with Crippen molar-refractivity contribution in [1.82, 2.24) is 9.97 Å². The number of esters is 1. The predicted molar refractivity (Wildman–Crippen MR) is 65.9 cm³/mol. The van der Waals surface area contributed by atoms with Gasteiger partial charge in [-0.15, -0.1) is 0 Å². The first kappa shape index (κ1) is 13.6. The average molecular weight is 257 g/mol. The van der Waals surface area contributed by atoms with E-state index < -0.39 is 0 Å². The summed E-state index contributed by atoms with van der Waals surface area (Å²) in [5.74, 6) is -0.0834. The van der Waals surface area contributed by atoms with Crippen LogP contribution in [0.5, 0.6) is 0 Å². The predicted octanol–water partition coefficient (Wildman–Crippen LogP) is 0.788. The van der Waals surface area contributed by atoms with Gasteiger partial charge in [-0.05, 0) is 6.42 Å². The minimum Gasteiger partial charge on any atom is -0.465 e. The molecule has 3 N–H and O–H groups in total. The molecule has 0 bridgehead atoms. The van der Waals surface area contributed by atoms with E-state index in [0.717, 1.165) is 24.6 Å². The Kier molecular flexibility index (Phi) is 5.55. The second-order valence-corrected chi connectivity index (χ2v) is 4.30. The fourth-order valence-corrected chi connectivity index (χ4v) is 1.70. The lowest BCUT2D eigenvalue weighted by molar-refractivity contribution is -0.140. The second kappa shape index (κ2) is 6.95. The van der Waals surface area contributed by atoms with Crippen LogP contribution in [0.4, 0.5) is 5.82 Å². The number of nitrogens with two attached hydrogens (primary N) is 1. The first-order valence-electron chi connectivity index (χ1n) is 5.27. The molecule has 0 amide bonds. The number of thioether (sulfide) groups is 1. The summed E-state index contributed by atoms with van der Waals surface area (Å²) in [5, 5.41) is 0.322. The van der Waals surface area contributed by atoms with Crippen LogP contribution >= 0.6 is 11.8 Å². The standard InChI is InChI=1S/C10H15N3O3S/c1-2-3-4-16-9(15)6-17-10-12-7(11)5-8(14)13-10/h5H,2-4,6H2,1H3,(H3,11,12,13,14). The van der Waals surface area contributed by atoms with Gasteiger partial charge in [0.05, 0.1) is 12.4 Å². The summed E-state index contributed by atoms with van der Waals surface area (Å²) in [5.41, 5.74) is 5.07. The highest BCUT2D eigenvalue weighted by atomic mass is 32.2. The van der Waals surface area contributed by atoms with Crippen molar-refractivity contribution in [3.05, 3.63) is 16.4 Å². The molecular formula is C10H15N3O3S. The minimum absolute atomic E-state index is 0.107. The normalized spacial score (nSPS) is 10.2. The minimum atomic E-state index is -0.334. The largest absolute Gasteiger partial charge is 0.465 e. The molecule has 0 aliphatic heterocycles. The number of nitrogen functional groups attached to an aromatic ring is 1. The number of nitrogens with zero attached hydrogens (tertiary/aromatic N) is 1. The number of carbonyl (C=O) groups is 1. The van der Waals surface area contributed by atoms with Crippen molar-refractivity contribution in [3.63, 3.8) is 0 Å². The molecule has 94 valence electrons. The summed E-state index contributed by atoms with van der Waals surface area (Å²) in [4.78, 5) is 28.7. The van der Waals surface area contributed by atoms with E-state index in [0.29, 0.717) is 11.8 Å². The maximum Gasteiger partial charge on any atom is 0.316 e. The van der Waals surface area contributed by atoms with E-state index in [1.807, 2.05) is 6.92 Å². The quantitative estimate of drug-likeness (QED) is 0.338. The zero-order valence-corrected chi connectivity index (χ0v) is 10.4. The van der Waals surface area contributed by atoms with E-state index >= 15 is 0 Å². The smallest absolute Gasteiger partial charge is 0.316 e. The number of carbonyl (C=O) groups excluding carboxylic acids is 1. The van der Waals surface area contributed by atoms with Gasteiger partial charge >= 0.3 is 5.97 Å². The van der Waals surface area contributed by atoms with E-state index in [2.05, 4.69) is 9.97 Å². The van der Waals surface area contributed by atoms with Gasteiger partial charge in [0.2, 0.25) is 0 Å². The Balaban J connectivity index is 2.39. The lowest BCUT2D eigenvalue weighted by atomic mass is 10.4. The molecule has 6 nitrogen and oxygen atoms in total. The number of H-pyrrole nitrogens is 1. The number of aromatic amines is 1. The second-order valence-electron chi connectivity index (χ2n) is 3.34. The molecule has 0 spiro atoms. The maximum absolute atomic E-state index is 11.3. The number of ether oxygens (including phenoxy) is 1. The molecule has 1 heterocycles. The Morgan fingerprint density at radius 3 is 3.06 bits per heavy atom. The Morgan fingerprint density at radius 1 is 1.65 bits per heavy atom. The van der Waals surface area contributed by atoms with Crippen molar-refractivity contribution in [3.8, 4) is 0 Å². The molecule has 1 aromatic rings. The number of hydrogen-bond acceptors (Lipinski definition) is 6. The van der Waals surface area contributed by atoms with Gasteiger partial charge in [0, 0.05) is 6.07 Å². The highest BCUT2D eigenvalue weighted by Crippen LogP contribution is 2.11. The van der Waals surface area contributed by atoms with Crippen LogP contribution in [0, 0.1) is 0 Å². The van der Waals surface area contributed by atoms with Crippen LogP contribution in [0.3, 0.4) is 0 Å². The maximum atomic E-state index is 11.3. The van der Waals surface area contributed by atoms with E-state index in [-0.39, 0.29) is 23.1 Å². The monoisotopic (exact) mass is 257 g/mol.